The van der Waals surface area contributed by atoms with E-state index in [9.17, 15) is 0 Å². The largest absolute Gasteiger partial charge is 0.339 e. The Morgan fingerprint density at radius 1 is 1.00 bits per heavy atom. The Kier molecular flexibility index (Phi) is 4.74. The van der Waals surface area contributed by atoms with Crippen molar-refractivity contribution in [3.05, 3.63) is 60.5 Å². The number of aromatic nitrogens is 5. The molecule has 5 rings (SSSR count). The van der Waals surface area contributed by atoms with E-state index < -0.39 is 0 Å². The van der Waals surface area contributed by atoms with E-state index in [0.717, 1.165) is 45.9 Å². The van der Waals surface area contributed by atoms with Crippen LogP contribution in [0.1, 0.15) is 36.9 Å². The van der Waals surface area contributed by atoms with Gasteiger partial charge in [0.05, 0.1) is 5.52 Å². The number of rotatable bonds is 7. The van der Waals surface area contributed by atoms with E-state index in [1.807, 2.05) is 24.3 Å². The molecule has 3 heterocycles. The van der Waals surface area contributed by atoms with Crippen molar-refractivity contribution in [2.75, 3.05) is 5.75 Å². The molecule has 6 nitrogen and oxygen atoms in total. The first-order valence-corrected chi connectivity index (χ1v) is 10.5. The second-order valence-corrected chi connectivity index (χ2v) is 7.96. The molecule has 0 radical (unpaired) electrons. The number of para-hydroxylation sites is 1. The maximum atomic E-state index is 5.38. The molecule has 7 heteroatoms. The van der Waals surface area contributed by atoms with E-state index in [-0.39, 0.29) is 0 Å². The molecule has 0 aliphatic heterocycles. The summed E-state index contributed by atoms with van der Waals surface area (Å²) in [5.41, 5.74) is 1.96. The maximum absolute atomic E-state index is 5.38. The third-order valence-electron chi connectivity index (χ3n) is 4.71. The van der Waals surface area contributed by atoms with Crippen LogP contribution in [0.3, 0.4) is 0 Å². The molecule has 1 fully saturated rings. The summed E-state index contributed by atoms with van der Waals surface area (Å²) in [5, 5.41) is 6.27. The quantitative estimate of drug-likeness (QED) is 0.258. The van der Waals surface area contributed by atoms with Gasteiger partial charge in [-0.2, -0.15) is 4.98 Å². The number of pyridine rings is 1. The van der Waals surface area contributed by atoms with Crippen molar-refractivity contribution < 1.29 is 4.52 Å². The number of fused-ring (bicyclic) bond motifs is 1. The van der Waals surface area contributed by atoms with Crippen molar-refractivity contribution >= 4 is 22.7 Å². The van der Waals surface area contributed by atoms with Gasteiger partial charge < -0.3 is 4.52 Å². The predicted molar refractivity (Wildman–Crippen MR) is 108 cm³/mol. The van der Waals surface area contributed by atoms with E-state index in [1.54, 1.807) is 24.2 Å². The molecule has 1 aliphatic carbocycles. The fourth-order valence-corrected chi connectivity index (χ4v) is 4.03. The minimum absolute atomic E-state index is 0.550. The van der Waals surface area contributed by atoms with Crippen molar-refractivity contribution in [2.24, 2.45) is 0 Å². The van der Waals surface area contributed by atoms with Gasteiger partial charge in [0.1, 0.15) is 10.9 Å². The average Bonchev–Trinajstić information content (AvgIpc) is 3.50. The van der Waals surface area contributed by atoms with Gasteiger partial charge in [-0.1, -0.05) is 23.4 Å². The van der Waals surface area contributed by atoms with Crippen molar-refractivity contribution in [1.29, 1.82) is 0 Å². The Balaban J connectivity index is 1.23. The standard InChI is InChI=1S/C21H19N5OS/c1-2-5-17-16(4-1)21(25-19(23-17)14-7-8-14)28-13-3-6-18-24-20(26-27-18)15-9-11-22-12-10-15/h1-2,4-5,9-12,14H,3,6-8,13H2. The van der Waals surface area contributed by atoms with E-state index in [2.05, 4.69) is 27.3 Å². The van der Waals surface area contributed by atoms with Crippen LogP contribution in [0.5, 0.6) is 0 Å². The lowest BCUT2D eigenvalue weighted by Crippen LogP contribution is -1.97. The average molecular weight is 389 g/mol. The smallest absolute Gasteiger partial charge is 0.226 e. The molecule has 0 unspecified atom stereocenters. The van der Waals surface area contributed by atoms with Crippen LogP contribution in [-0.2, 0) is 6.42 Å². The number of aryl methyl sites for hydroxylation is 1. The lowest BCUT2D eigenvalue weighted by atomic mass is 10.2. The lowest BCUT2D eigenvalue weighted by Gasteiger charge is -2.07. The highest BCUT2D eigenvalue weighted by Gasteiger charge is 2.27. The molecule has 0 spiro atoms. The number of nitrogens with zero attached hydrogens (tertiary/aromatic N) is 5. The van der Waals surface area contributed by atoms with E-state index in [1.165, 1.54) is 12.8 Å². The van der Waals surface area contributed by atoms with Gasteiger partial charge in [-0.05, 0) is 37.5 Å². The molecule has 1 saturated carbocycles. The van der Waals surface area contributed by atoms with E-state index in [0.29, 0.717) is 17.6 Å². The van der Waals surface area contributed by atoms with Gasteiger partial charge in [0.2, 0.25) is 11.7 Å². The first-order chi connectivity index (χ1) is 13.9. The Hall–Kier alpha value is -2.80. The molecule has 140 valence electrons. The monoisotopic (exact) mass is 389 g/mol. The minimum atomic E-state index is 0.550. The molecule has 3 aromatic heterocycles. The molecule has 0 N–H and O–H groups in total. The number of hydrogen-bond acceptors (Lipinski definition) is 7. The zero-order valence-electron chi connectivity index (χ0n) is 15.3. The third-order valence-corrected chi connectivity index (χ3v) is 5.79. The number of hydrogen-bond donors (Lipinski definition) is 0. The lowest BCUT2D eigenvalue weighted by molar-refractivity contribution is 0.378. The molecule has 1 aromatic carbocycles. The Morgan fingerprint density at radius 2 is 1.86 bits per heavy atom. The molecule has 28 heavy (non-hydrogen) atoms. The normalized spacial score (nSPS) is 13.9. The van der Waals surface area contributed by atoms with Crippen LogP contribution < -0.4 is 0 Å². The third kappa shape index (κ3) is 3.75. The van der Waals surface area contributed by atoms with Crippen molar-refractivity contribution in [3.63, 3.8) is 0 Å². The summed E-state index contributed by atoms with van der Waals surface area (Å²) in [6, 6.07) is 12.0. The first-order valence-electron chi connectivity index (χ1n) is 9.49. The highest BCUT2D eigenvalue weighted by molar-refractivity contribution is 7.99. The molecule has 1 aliphatic rings. The summed E-state index contributed by atoms with van der Waals surface area (Å²) in [4.78, 5) is 18.1. The zero-order chi connectivity index (χ0) is 18.8. The Labute approximate surface area is 166 Å². The summed E-state index contributed by atoms with van der Waals surface area (Å²) in [5.74, 6) is 3.77. The summed E-state index contributed by atoms with van der Waals surface area (Å²) >= 11 is 1.78. The highest BCUT2D eigenvalue weighted by Crippen LogP contribution is 2.39. The Morgan fingerprint density at radius 3 is 2.71 bits per heavy atom. The number of benzene rings is 1. The fraction of sp³-hybridized carbons (Fsp3) is 0.286. The van der Waals surface area contributed by atoms with Gasteiger partial charge in [0.25, 0.3) is 0 Å². The molecule has 0 saturated heterocycles. The number of thioether (sulfide) groups is 1. The fourth-order valence-electron chi connectivity index (χ4n) is 3.07. The highest BCUT2D eigenvalue weighted by atomic mass is 32.2. The van der Waals surface area contributed by atoms with Gasteiger partial charge in [0.15, 0.2) is 0 Å². The molecule has 0 amide bonds. The van der Waals surface area contributed by atoms with Crippen LogP contribution in [0.2, 0.25) is 0 Å². The molecular weight excluding hydrogens is 370 g/mol. The molecule has 0 bridgehead atoms. The summed E-state index contributed by atoms with van der Waals surface area (Å²) in [6.45, 7) is 0. The van der Waals surface area contributed by atoms with Crippen molar-refractivity contribution in [1.82, 2.24) is 25.1 Å². The van der Waals surface area contributed by atoms with Gasteiger partial charge in [0, 0.05) is 41.4 Å². The molecule has 0 atom stereocenters. The maximum Gasteiger partial charge on any atom is 0.226 e. The van der Waals surface area contributed by atoms with Gasteiger partial charge >= 0.3 is 0 Å². The topological polar surface area (TPSA) is 77.6 Å². The molecular formula is C21H19N5OS. The van der Waals surface area contributed by atoms with E-state index in [4.69, 9.17) is 14.5 Å². The van der Waals surface area contributed by atoms with Crippen LogP contribution in [0.25, 0.3) is 22.3 Å². The summed E-state index contributed by atoms with van der Waals surface area (Å²) in [7, 11) is 0. The van der Waals surface area contributed by atoms with Crippen LogP contribution in [0.15, 0.2) is 58.3 Å². The van der Waals surface area contributed by atoms with Crippen LogP contribution in [0.4, 0.5) is 0 Å². The van der Waals surface area contributed by atoms with Crippen LogP contribution in [-0.4, -0.2) is 30.8 Å². The predicted octanol–water partition coefficient (Wildman–Crippen LogP) is 4.68. The zero-order valence-corrected chi connectivity index (χ0v) is 16.1. The van der Waals surface area contributed by atoms with Crippen molar-refractivity contribution in [3.8, 4) is 11.4 Å². The van der Waals surface area contributed by atoms with Gasteiger partial charge in [-0.15, -0.1) is 11.8 Å². The van der Waals surface area contributed by atoms with Crippen LogP contribution >= 0.6 is 11.8 Å². The minimum Gasteiger partial charge on any atom is -0.339 e. The van der Waals surface area contributed by atoms with Crippen molar-refractivity contribution in [2.45, 2.75) is 36.6 Å². The van der Waals surface area contributed by atoms with Gasteiger partial charge in [-0.3, -0.25) is 4.98 Å². The SMILES string of the molecule is c1ccc2c(SCCCc3nc(-c4ccncc4)no3)nc(C3CC3)nc2c1. The van der Waals surface area contributed by atoms with E-state index >= 15 is 0 Å². The summed E-state index contributed by atoms with van der Waals surface area (Å²) < 4.78 is 5.38. The van der Waals surface area contributed by atoms with Gasteiger partial charge in [-0.25, -0.2) is 9.97 Å². The summed E-state index contributed by atoms with van der Waals surface area (Å²) in [6.07, 6.45) is 7.57. The molecule has 4 aromatic rings. The second-order valence-electron chi connectivity index (χ2n) is 6.88. The Bertz CT molecular complexity index is 1090. The first kappa shape index (κ1) is 17.3. The second kappa shape index (κ2) is 7.67. The van der Waals surface area contributed by atoms with Crippen LogP contribution in [0, 0.1) is 0 Å².